The van der Waals surface area contributed by atoms with Crippen molar-refractivity contribution in [3.8, 4) is 0 Å². The second-order valence-corrected chi connectivity index (χ2v) is 7.04. The predicted molar refractivity (Wildman–Crippen MR) is 104 cm³/mol. The molecule has 3 aromatic rings. The molecule has 1 aromatic heterocycles. The molecule has 1 saturated heterocycles. The van der Waals surface area contributed by atoms with Gasteiger partial charge in [0.15, 0.2) is 5.76 Å². The summed E-state index contributed by atoms with van der Waals surface area (Å²) in [6.45, 7) is 5.18. The first-order valence-corrected chi connectivity index (χ1v) is 9.31. The van der Waals surface area contributed by atoms with Gasteiger partial charge in [-0.05, 0) is 56.6 Å². The van der Waals surface area contributed by atoms with Crippen molar-refractivity contribution in [2.24, 2.45) is 0 Å². The number of likely N-dealkylation sites (tertiary alicyclic amines) is 1. The Morgan fingerprint density at radius 1 is 1.08 bits per heavy atom. The van der Waals surface area contributed by atoms with E-state index in [1.54, 1.807) is 0 Å². The van der Waals surface area contributed by atoms with Crippen molar-refractivity contribution in [2.45, 2.75) is 32.7 Å². The Morgan fingerprint density at radius 2 is 1.88 bits per heavy atom. The molecule has 0 saturated carbocycles. The molecule has 0 unspecified atom stereocenters. The lowest BCUT2D eigenvalue weighted by Crippen LogP contribution is -2.29. The number of nitrogens with zero attached hydrogens (tertiary/aromatic N) is 1. The van der Waals surface area contributed by atoms with Crippen LogP contribution in [0.4, 0.5) is 5.69 Å². The quantitative estimate of drug-likeness (QED) is 0.723. The third-order valence-corrected chi connectivity index (χ3v) is 5.09. The van der Waals surface area contributed by atoms with Crippen LogP contribution in [0.2, 0.25) is 0 Å². The Bertz CT molecular complexity index is 923. The van der Waals surface area contributed by atoms with Crippen molar-refractivity contribution in [3.63, 3.8) is 0 Å². The number of amides is 1. The standard InChI is InChI=1S/C22H24N2O2/c1-16-19-10-3-4-11-20(19)26-21(16)22(25)23-18-9-7-8-17(14-18)15-24-12-5-2-6-13-24/h3-4,7-11,14H,2,5-6,12-13,15H2,1H3,(H,23,25). The van der Waals surface area contributed by atoms with Crippen LogP contribution in [0.5, 0.6) is 0 Å². The maximum absolute atomic E-state index is 12.7. The fraction of sp³-hybridized carbons (Fsp3) is 0.318. The fourth-order valence-electron chi connectivity index (χ4n) is 3.70. The zero-order valence-corrected chi connectivity index (χ0v) is 15.1. The minimum Gasteiger partial charge on any atom is -0.451 e. The number of benzene rings is 2. The Kier molecular flexibility index (Phi) is 4.76. The van der Waals surface area contributed by atoms with Crippen molar-refractivity contribution in [1.29, 1.82) is 0 Å². The summed E-state index contributed by atoms with van der Waals surface area (Å²) in [7, 11) is 0. The van der Waals surface area contributed by atoms with Gasteiger partial charge in [-0.15, -0.1) is 0 Å². The van der Waals surface area contributed by atoms with E-state index in [-0.39, 0.29) is 5.91 Å². The second kappa shape index (κ2) is 7.34. The zero-order valence-electron chi connectivity index (χ0n) is 15.1. The normalized spacial score (nSPS) is 15.3. The molecular formula is C22H24N2O2. The van der Waals surface area contributed by atoms with Crippen LogP contribution < -0.4 is 5.32 Å². The van der Waals surface area contributed by atoms with E-state index in [1.807, 2.05) is 43.3 Å². The van der Waals surface area contributed by atoms with E-state index in [9.17, 15) is 4.79 Å². The van der Waals surface area contributed by atoms with Gasteiger partial charge in [0.25, 0.3) is 5.91 Å². The van der Waals surface area contributed by atoms with E-state index in [4.69, 9.17) is 4.42 Å². The Hall–Kier alpha value is -2.59. The molecule has 0 aliphatic carbocycles. The highest BCUT2D eigenvalue weighted by Crippen LogP contribution is 2.26. The topological polar surface area (TPSA) is 45.5 Å². The number of nitrogens with one attached hydrogen (secondary N) is 1. The minimum absolute atomic E-state index is 0.200. The maximum atomic E-state index is 12.7. The average Bonchev–Trinajstić information content (AvgIpc) is 3.00. The van der Waals surface area contributed by atoms with Crippen molar-refractivity contribution < 1.29 is 9.21 Å². The number of rotatable bonds is 4. The lowest BCUT2D eigenvalue weighted by Gasteiger charge is -2.26. The molecule has 134 valence electrons. The number of aryl methyl sites for hydroxylation is 1. The third kappa shape index (κ3) is 3.51. The highest BCUT2D eigenvalue weighted by Gasteiger charge is 2.18. The van der Waals surface area contributed by atoms with Crippen molar-refractivity contribution in [2.75, 3.05) is 18.4 Å². The molecule has 0 radical (unpaired) electrons. The largest absolute Gasteiger partial charge is 0.451 e. The predicted octanol–water partition coefficient (Wildman–Crippen LogP) is 4.98. The molecule has 1 N–H and O–H groups in total. The van der Waals surface area contributed by atoms with Crippen molar-refractivity contribution in [3.05, 3.63) is 65.4 Å². The van der Waals surface area contributed by atoms with E-state index < -0.39 is 0 Å². The van der Waals surface area contributed by atoms with Gasteiger partial charge in [-0.3, -0.25) is 9.69 Å². The number of carbonyl (C=O) groups excluding carboxylic acids is 1. The van der Waals surface area contributed by atoms with Gasteiger partial charge >= 0.3 is 0 Å². The first kappa shape index (κ1) is 16.9. The second-order valence-electron chi connectivity index (χ2n) is 7.04. The fourth-order valence-corrected chi connectivity index (χ4v) is 3.70. The van der Waals surface area contributed by atoms with E-state index in [0.29, 0.717) is 5.76 Å². The van der Waals surface area contributed by atoms with Gasteiger partial charge in [0.1, 0.15) is 5.58 Å². The van der Waals surface area contributed by atoms with Crippen LogP contribution in [0.15, 0.2) is 52.9 Å². The summed E-state index contributed by atoms with van der Waals surface area (Å²) in [5.74, 6) is 0.182. The van der Waals surface area contributed by atoms with Crippen LogP contribution in [-0.2, 0) is 6.54 Å². The van der Waals surface area contributed by atoms with Crippen LogP contribution in [0.1, 0.15) is 40.9 Å². The van der Waals surface area contributed by atoms with E-state index in [2.05, 4.69) is 22.3 Å². The molecule has 2 aromatic carbocycles. The SMILES string of the molecule is Cc1c(C(=O)Nc2cccc(CN3CCCCC3)c2)oc2ccccc12. The molecule has 1 fully saturated rings. The number of anilines is 1. The molecule has 1 aliphatic heterocycles. The number of hydrogen-bond acceptors (Lipinski definition) is 3. The summed E-state index contributed by atoms with van der Waals surface area (Å²) < 4.78 is 5.76. The van der Waals surface area contributed by atoms with Crippen LogP contribution in [-0.4, -0.2) is 23.9 Å². The van der Waals surface area contributed by atoms with Crippen LogP contribution in [0.25, 0.3) is 11.0 Å². The average molecular weight is 348 g/mol. The minimum atomic E-state index is -0.200. The zero-order chi connectivity index (χ0) is 17.9. The van der Waals surface area contributed by atoms with Gasteiger partial charge < -0.3 is 9.73 Å². The molecule has 0 bridgehead atoms. The highest BCUT2D eigenvalue weighted by molar-refractivity contribution is 6.06. The Balaban J connectivity index is 1.50. The summed E-state index contributed by atoms with van der Waals surface area (Å²) in [5.41, 5.74) is 3.66. The molecule has 2 heterocycles. The summed E-state index contributed by atoms with van der Waals surface area (Å²) in [4.78, 5) is 15.2. The maximum Gasteiger partial charge on any atom is 0.291 e. The van der Waals surface area contributed by atoms with Crippen molar-refractivity contribution >= 4 is 22.6 Å². The van der Waals surface area contributed by atoms with Gasteiger partial charge in [0, 0.05) is 23.2 Å². The lowest BCUT2D eigenvalue weighted by molar-refractivity contribution is 0.0998. The van der Waals surface area contributed by atoms with Crippen LogP contribution in [0.3, 0.4) is 0 Å². The van der Waals surface area contributed by atoms with Crippen LogP contribution >= 0.6 is 0 Å². The summed E-state index contributed by atoms with van der Waals surface area (Å²) in [5, 5.41) is 3.97. The van der Waals surface area contributed by atoms with Gasteiger partial charge in [-0.2, -0.15) is 0 Å². The molecule has 1 aliphatic rings. The van der Waals surface area contributed by atoms with Gasteiger partial charge in [0.05, 0.1) is 0 Å². The molecule has 4 rings (SSSR count). The summed E-state index contributed by atoms with van der Waals surface area (Å²) in [6.07, 6.45) is 3.90. The van der Waals surface area contributed by atoms with Gasteiger partial charge in [0.2, 0.25) is 0 Å². The number of piperidine rings is 1. The smallest absolute Gasteiger partial charge is 0.291 e. The molecule has 0 atom stereocenters. The third-order valence-electron chi connectivity index (χ3n) is 5.09. The summed E-state index contributed by atoms with van der Waals surface area (Å²) >= 11 is 0. The van der Waals surface area contributed by atoms with Gasteiger partial charge in [-0.25, -0.2) is 0 Å². The molecule has 1 amide bonds. The highest BCUT2D eigenvalue weighted by atomic mass is 16.3. The van der Waals surface area contributed by atoms with E-state index >= 15 is 0 Å². The Morgan fingerprint density at radius 3 is 2.69 bits per heavy atom. The number of carbonyl (C=O) groups is 1. The molecular weight excluding hydrogens is 324 g/mol. The lowest BCUT2D eigenvalue weighted by atomic mass is 10.1. The molecule has 26 heavy (non-hydrogen) atoms. The summed E-state index contributed by atoms with van der Waals surface area (Å²) in [6, 6.07) is 15.8. The Labute approximate surface area is 153 Å². The number of para-hydroxylation sites is 1. The first-order chi connectivity index (χ1) is 12.7. The van der Waals surface area contributed by atoms with Crippen molar-refractivity contribution in [1.82, 2.24) is 4.90 Å². The van der Waals surface area contributed by atoms with E-state index in [1.165, 1.54) is 24.8 Å². The number of furan rings is 1. The number of fused-ring (bicyclic) bond motifs is 1. The van der Waals surface area contributed by atoms with Gasteiger partial charge in [-0.1, -0.05) is 36.8 Å². The number of hydrogen-bond donors (Lipinski definition) is 1. The molecule has 0 spiro atoms. The first-order valence-electron chi connectivity index (χ1n) is 9.31. The monoisotopic (exact) mass is 348 g/mol. The van der Waals surface area contributed by atoms with E-state index in [0.717, 1.165) is 41.9 Å². The van der Waals surface area contributed by atoms with Crippen LogP contribution in [0, 0.1) is 6.92 Å². The molecule has 4 nitrogen and oxygen atoms in total. The molecule has 4 heteroatoms.